The number of carboxylic acids is 1. The quantitative estimate of drug-likeness (QED) is 0.565. The minimum atomic E-state index is -0.892. The highest BCUT2D eigenvalue weighted by Gasteiger charge is 2.11. The van der Waals surface area contributed by atoms with E-state index in [0.29, 0.717) is 12.0 Å². The fourth-order valence-corrected chi connectivity index (χ4v) is 2.10. The summed E-state index contributed by atoms with van der Waals surface area (Å²) in [7, 11) is 0. The SMILES string of the molecule is O=C(O)CCCNC(=O)NCC(O)c1ccccc1Br. The van der Waals surface area contributed by atoms with Crippen LogP contribution in [0, 0.1) is 0 Å². The molecule has 0 aliphatic rings. The number of carbonyl (C=O) groups excluding carboxylic acids is 1. The highest BCUT2D eigenvalue weighted by molar-refractivity contribution is 9.10. The Kier molecular flexibility index (Phi) is 7.03. The lowest BCUT2D eigenvalue weighted by Gasteiger charge is -2.14. The van der Waals surface area contributed by atoms with Gasteiger partial charge in [-0.25, -0.2) is 4.79 Å². The molecule has 6 nitrogen and oxygen atoms in total. The first-order valence-corrected chi connectivity index (χ1v) is 6.96. The van der Waals surface area contributed by atoms with Gasteiger partial charge in [-0.1, -0.05) is 34.1 Å². The van der Waals surface area contributed by atoms with E-state index in [2.05, 4.69) is 26.6 Å². The number of nitrogens with one attached hydrogen (secondary N) is 2. The molecule has 4 N–H and O–H groups in total. The van der Waals surface area contributed by atoms with Gasteiger partial charge < -0.3 is 20.8 Å². The second kappa shape index (κ2) is 8.55. The van der Waals surface area contributed by atoms with E-state index in [-0.39, 0.29) is 19.5 Å². The number of carbonyl (C=O) groups is 2. The zero-order chi connectivity index (χ0) is 15.0. The summed E-state index contributed by atoms with van der Waals surface area (Å²) in [5.41, 5.74) is 0.693. The minimum Gasteiger partial charge on any atom is -0.481 e. The Bertz CT molecular complexity index is 467. The van der Waals surface area contributed by atoms with Crippen LogP contribution < -0.4 is 10.6 Å². The Morgan fingerprint density at radius 3 is 2.60 bits per heavy atom. The maximum atomic E-state index is 11.4. The van der Waals surface area contributed by atoms with Crippen molar-refractivity contribution in [1.82, 2.24) is 10.6 Å². The molecule has 0 aliphatic heterocycles. The number of benzene rings is 1. The molecular formula is C13H17BrN2O4. The smallest absolute Gasteiger partial charge is 0.314 e. The molecule has 0 aromatic heterocycles. The minimum absolute atomic E-state index is 0.0138. The summed E-state index contributed by atoms with van der Waals surface area (Å²) in [5, 5.41) is 23.4. The molecule has 0 saturated heterocycles. The number of halogens is 1. The van der Waals surface area contributed by atoms with Crippen molar-refractivity contribution >= 4 is 27.9 Å². The second-order valence-electron chi connectivity index (χ2n) is 4.17. The summed E-state index contributed by atoms with van der Waals surface area (Å²) in [4.78, 5) is 21.7. The first-order valence-electron chi connectivity index (χ1n) is 6.16. The zero-order valence-corrected chi connectivity index (χ0v) is 12.4. The third-order valence-corrected chi connectivity index (χ3v) is 3.30. The average Bonchev–Trinajstić information content (AvgIpc) is 2.41. The molecule has 1 aromatic rings. The van der Waals surface area contributed by atoms with E-state index in [1.165, 1.54) is 0 Å². The Hall–Kier alpha value is -1.60. The molecule has 1 rings (SSSR count). The molecule has 0 radical (unpaired) electrons. The van der Waals surface area contributed by atoms with Crippen LogP contribution in [0.5, 0.6) is 0 Å². The Labute approximate surface area is 125 Å². The van der Waals surface area contributed by atoms with Gasteiger partial charge >= 0.3 is 12.0 Å². The van der Waals surface area contributed by atoms with E-state index in [0.717, 1.165) is 4.47 Å². The predicted octanol–water partition coefficient (Wildman–Crippen LogP) is 1.65. The number of hydrogen-bond donors (Lipinski definition) is 4. The fourth-order valence-electron chi connectivity index (χ4n) is 1.55. The number of aliphatic carboxylic acids is 1. The van der Waals surface area contributed by atoms with Crippen LogP contribution in [0.1, 0.15) is 24.5 Å². The third-order valence-electron chi connectivity index (χ3n) is 2.57. The van der Waals surface area contributed by atoms with Crippen LogP contribution in [0.4, 0.5) is 4.79 Å². The van der Waals surface area contributed by atoms with Crippen molar-refractivity contribution in [2.75, 3.05) is 13.1 Å². The molecule has 110 valence electrons. The Morgan fingerprint density at radius 1 is 1.25 bits per heavy atom. The van der Waals surface area contributed by atoms with Crippen LogP contribution in [0.25, 0.3) is 0 Å². The van der Waals surface area contributed by atoms with Crippen molar-refractivity contribution in [3.63, 3.8) is 0 Å². The number of rotatable bonds is 7. The topological polar surface area (TPSA) is 98.7 Å². The molecular weight excluding hydrogens is 328 g/mol. The van der Waals surface area contributed by atoms with Crippen molar-refractivity contribution in [3.05, 3.63) is 34.3 Å². The number of urea groups is 1. The van der Waals surface area contributed by atoms with E-state index in [4.69, 9.17) is 5.11 Å². The van der Waals surface area contributed by atoms with Crippen molar-refractivity contribution in [2.45, 2.75) is 18.9 Å². The van der Waals surface area contributed by atoms with Crippen LogP contribution >= 0.6 is 15.9 Å². The zero-order valence-electron chi connectivity index (χ0n) is 10.8. The summed E-state index contributed by atoms with van der Waals surface area (Å²) >= 11 is 3.32. The molecule has 1 atom stereocenters. The van der Waals surface area contributed by atoms with Gasteiger partial charge in [-0.05, 0) is 18.1 Å². The molecule has 0 saturated carbocycles. The molecule has 0 bridgehead atoms. The summed E-state index contributed by atoms with van der Waals surface area (Å²) in [6, 6.07) is 6.78. The van der Waals surface area contributed by atoms with E-state index >= 15 is 0 Å². The monoisotopic (exact) mass is 344 g/mol. The van der Waals surface area contributed by atoms with E-state index in [1.54, 1.807) is 12.1 Å². The molecule has 1 aromatic carbocycles. The highest BCUT2D eigenvalue weighted by atomic mass is 79.9. The maximum absolute atomic E-state index is 11.4. The van der Waals surface area contributed by atoms with Gasteiger partial charge in [-0.2, -0.15) is 0 Å². The van der Waals surface area contributed by atoms with Crippen LogP contribution in [0.15, 0.2) is 28.7 Å². The Balaban J connectivity index is 2.27. The molecule has 7 heteroatoms. The average molecular weight is 345 g/mol. The summed E-state index contributed by atoms with van der Waals surface area (Å²) in [5.74, 6) is -0.892. The number of aliphatic hydroxyl groups is 1. The van der Waals surface area contributed by atoms with Crippen molar-refractivity contribution < 1.29 is 19.8 Å². The molecule has 2 amide bonds. The number of amides is 2. The van der Waals surface area contributed by atoms with Crippen molar-refractivity contribution in [3.8, 4) is 0 Å². The lowest BCUT2D eigenvalue weighted by atomic mass is 10.1. The van der Waals surface area contributed by atoms with Gasteiger partial charge in [0, 0.05) is 24.0 Å². The molecule has 0 heterocycles. The highest BCUT2D eigenvalue weighted by Crippen LogP contribution is 2.22. The summed E-state index contributed by atoms with van der Waals surface area (Å²) in [6.45, 7) is 0.358. The standard InChI is InChI=1S/C13H17BrN2O4/c14-10-5-2-1-4-9(10)11(17)8-16-13(20)15-7-3-6-12(18)19/h1-2,4-5,11,17H,3,6-8H2,(H,18,19)(H2,15,16,20). The summed E-state index contributed by atoms with van der Waals surface area (Å²) in [6.07, 6.45) is -0.426. The molecule has 0 spiro atoms. The van der Waals surface area contributed by atoms with E-state index in [1.807, 2.05) is 12.1 Å². The van der Waals surface area contributed by atoms with Gasteiger partial charge in [0.05, 0.1) is 6.10 Å². The predicted molar refractivity (Wildman–Crippen MR) is 77.4 cm³/mol. The summed E-state index contributed by atoms with van der Waals surface area (Å²) < 4.78 is 0.774. The molecule has 1 unspecified atom stereocenters. The van der Waals surface area contributed by atoms with Gasteiger partial charge in [0.15, 0.2) is 0 Å². The lowest BCUT2D eigenvalue weighted by molar-refractivity contribution is -0.137. The van der Waals surface area contributed by atoms with Gasteiger partial charge in [0.25, 0.3) is 0 Å². The lowest BCUT2D eigenvalue weighted by Crippen LogP contribution is -2.38. The van der Waals surface area contributed by atoms with E-state index < -0.39 is 18.1 Å². The van der Waals surface area contributed by atoms with Gasteiger partial charge in [0.1, 0.15) is 0 Å². The first-order chi connectivity index (χ1) is 9.50. The molecule has 20 heavy (non-hydrogen) atoms. The van der Waals surface area contributed by atoms with Crippen molar-refractivity contribution in [1.29, 1.82) is 0 Å². The van der Waals surface area contributed by atoms with Gasteiger partial charge in [-0.15, -0.1) is 0 Å². The first kappa shape index (κ1) is 16.5. The van der Waals surface area contributed by atoms with Crippen molar-refractivity contribution in [2.24, 2.45) is 0 Å². The second-order valence-corrected chi connectivity index (χ2v) is 5.03. The molecule has 0 fully saturated rings. The number of carboxylic acid groups (broad SMARTS) is 1. The number of hydrogen-bond acceptors (Lipinski definition) is 3. The van der Waals surface area contributed by atoms with Crippen LogP contribution in [0.2, 0.25) is 0 Å². The van der Waals surface area contributed by atoms with Crippen LogP contribution in [-0.2, 0) is 4.79 Å². The van der Waals surface area contributed by atoms with E-state index in [9.17, 15) is 14.7 Å². The van der Waals surface area contributed by atoms with Crippen LogP contribution in [-0.4, -0.2) is 35.3 Å². The fraction of sp³-hybridized carbons (Fsp3) is 0.385. The number of aliphatic hydroxyl groups excluding tert-OH is 1. The normalized spacial score (nSPS) is 11.7. The van der Waals surface area contributed by atoms with Crippen LogP contribution in [0.3, 0.4) is 0 Å². The maximum Gasteiger partial charge on any atom is 0.314 e. The van der Waals surface area contributed by atoms with Gasteiger partial charge in [0.2, 0.25) is 0 Å². The third kappa shape index (κ3) is 6.03. The van der Waals surface area contributed by atoms with Gasteiger partial charge in [-0.3, -0.25) is 4.79 Å². The largest absolute Gasteiger partial charge is 0.481 e. The Morgan fingerprint density at radius 2 is 1.95 bits per heavy atom. The molecule has 0 aliphatic carbocycles.